The lowest BCUT2D eigenvalue weighted by atomic mass is 9.95. The van der Waals surface area contributed by atoms with Gasteiger partial charge in [-0.3, -0.25) is 10.6 Å². The molecular weight excluding hydrogens is 755 g/mol. The number of ether oxygens (including phenoxy) is 2. The second-order valence-corrected chi connectivity index (χ2v) is 16.0. The number of allylic oxidation sites excluding steroid dienone is 1. The number of carbonyl (C=O) groups excluding carboxylic acids is 2. The molecule has 3 aromatic carbocycles. The number of aryl methyl sites for hydroxylation is 1. The van der Waals surface area contributed by atoms with Crippen molar-refractivity contribution in [3.63, 3.8) is 0 Å². The van der Waals surface area contributed by atoms with E-state index in [1.807, 2.05) is 139 Å². The number of benzene rings is 3. The third-order valence-corrected chi connectivity index (χ3v) is 9.52. The van der Waals surface area contributed by atoms with Crippen molar-refractivity contribution in [2.45, 2.75) is 89.0 Å². The topological polar surface area (TPSA) is 110 Å². The Morgan fingerprint density at radius 2 is 1.69 bits per heavy atom. The van der Waals surface area contributed by atoms with E-state index in [-0.39, 0.29) is 16.1 Å². The standard InChI is InChI=1S/C40H49IN6O4/c1-9-12-31(41)33-24-36(47(45-33)28-17-15-26(2)16-18-28)43-37(48)42-32-19-20-34(30-14-11-10-13-29(30)32)50-40(6,7)25-27-21-22-46(8)35(23-27)44-38(49)51-39(3,4)5/h10-11,13-24,31,35H,9,12,25H2,1-8H3,(H,44,49)(H2,42,43,48). The van der Waals surface area contributed by atoms with Crippen LogP contribution in [0.5, 0.6) is 5.75 Å². The first-order valence-electron chi connectivity index (χ1n) is 17.3. The number of alkyl halides is 1. The van der Waals surface area contributed by atoms with E-state index in [4.69, 9.17) is 14.6 Å². The summed E-state index contributed by atoms with van der Waals surface area (Å²) >= 11 is 2.42. The average molecular weight is 805 g/mol. The molecule has 51 heavy (non-hydrogen) atoms. The molecule has 4 aromatic rings. The van der Waals surface area contributed by atoms with Gasteiger partial charge in [0.2, 0.25) is 0 Å². The van der Waals surface area contributed by atoms with E-state index in [9.17, 15) is 9.59 Å². The number of aromatic nitrogens is 2. The first-order valence-corrected chi connectivity index (χ1v) is 18.6. The van der Waals surface area contributed by atoms with E-state index in [2.05, 4.69) is 45.5 Å². The maximum Gasteiger partial charge on any atom is 0.409 e. The van der Waals surface area contributed by atoms with Crippen molar-refractivity contribution in [3.05, 3.63) is 102 Å². The van der Waals surface area contributed by atoms with Gasteiger partial charge >= 0.3 is 12.1 Å². The number of carbonyl (C=O) groups is 2. The highest BCUT2D eigenvalue weighted by atomic mass is 127. The smallest absolute Gasteiger partial charge is 0.409 e. The Morgan fingerprint density at radius 1 is 0.980 bits per heavy atom. The second-order valence-electron chi connectivity index (χ2n) is 14.5. The SMILES string of the molecule is CCCC(I)c1cc(NC(=O)Nc2ccc(OC(C)(C)CC3=CC(NC(=O)OC(C)(C)C)N(C)C=C3)c3ccccc23)n(-c2ccc(C)cc2)n1. The number of amides is 3. The molecule has 2 heterocycles. The maximum absolute atomic E-state index is 13.5. The van der Waals surface area contributed by atoms with Gasteiger partial charge < -0.3 is 19.7 Å². The van der Waals surface area contributed by atoms with Gasteiger partial charge in [-0.05, 0) is 90.0 Å². The number of alkyl carbamates (subject to hydrolysis) is 1. The van der Waals surface area contributed by atoms with Crippen molar-refractivity contribution < 1.29 is 19.1 Å². The Morgan fingerprint density at radius 3 is 2.37 bits per heavy atom. The fraction of sp³-hybridized carbons (Fsp3) is 0.375. The summed E-state index contributed by atoms with van der Waals surface area (Å²) in [5.41, 5.74) is 3.44. The van der Waals surface area contributed by atoms with E-state index >= 15 is 0 Å². The minimum absolute atomic E-state index is 0.228. The monoisotopic (exact) mass is 804 g/mol. The molecule has 5 rings (SSSR count). The fourth-order valence-corrected chi connectivity index (χ4v) is 6.79. The predicted octanol–water partition coefficient (Wildman–Crippen LogP) is 10.0. The number of hydrogen-bond donors (Lipinski definition) is 3. The molecule has 0 fully saturated rings. The average Bonchev–Trinajstić information content (AvgIpc) is 3.47. The Labute approximate surface area is 314 Å². The number of nitrogens with zero attached hydrogens (tertiary/aromatic N) is 3. The lowest BCUT2D eigenvalue weighted by molar-refractivity contribution is 0.0480. The maximum atomic E-state index is 13.5. The minimum atomic E-state index is -0.599. The molecule has 1 aromatic heterocycles. The zero-order valence-corrected chi connectivity index (χ0v) is 32.9. The van der Waals surface area contributed by atoms with Gasteiger partial charge in [-0.2, -0.15) is 5.10 Å². The predicted molar refractivity (Wildman–Crippen MR) is 214 cm³/mol. The molecule has 270 valence electrons. The van der Waals surface area contributed by atoms with Crippen LogP contribution in [0, 0.1) is 6.92 Å². The van der Waals surface area contributed by atoms with Crippen LogP contribution < -0.4 is 20.7 Å². The van der Waals surface area contributed by atoms with Crippen LogP contribution in [-0.2, 0) is 4.74 Å². The van der Waals surface area contributed by atoms with Gasteiger partial charge in [0.15, 0.2) is 0 Å². The van der Waals surface area contributed by atoms with Crippen LogP contribution in [0.2, 0.25) is 0 Å². The molecule has 11 heteroatoms. The van der Waals surface area contributed by atoms with Crippen molar-refractivity contribution in [1.29, 1.82) is 0 Å². The van der Waals surface area contributed by atoms with Gasteiger partial charge in [0.25, 0.3) is 0 Å². The molecule has 1 aliphatic rings. The van der Waals surface area contributed by atoms with Gasteiger partial charge in [-0.25, -0.2) is 14.3 Å². The molecule has 3 amide bonds. The molecular formula is C40H49IN6O4. The van der Waals surface area contributed by atoms with Crippen molar-refractivity contribution in [2.24, 2.45) is 0 Å². The molecule has 0 saturated heterocycles. The number of fused-ring (bicyclic) bond motifs is 1. The number of likely N-dealkylation sites (N-methyl/N-ethyl adjacent to an activating group) is 1. The Balaban J connectivity index is 1.32. The van der Waals surface area contributed by atoms with E-state index in [1.54, 1.807) is 4.68 Å². The zero-order valence-electron chi connectivity index (χ0n) is 30.7. The number of hydrogen-bond acceptors (Lipinski definition) is 6. The molecule has 2 unspecified atom stereocenters. The van der Waals surface area contributed by atoms with Gasteiger partial charge in [0.1, 0.15) is 28.9 Å². The van der Waals surface area contributed by atoms with Crippen LogP contribution in [0.3, 0.4) is 0 Å². The molecule has 3 N–H and O–H groups in total. The van der Waals surface area contributed by atoms with Crippen molar-refractivity contribution >= 4 is 57.0 Å². The molecule has 10 nitrogen and oxygen atoms in total. The van der Waals surface area contributed by atoms with E-state index in [1.165, 1.54) is 0 Å². The molecule has 0 bridgehead atoms. The number of anilines is 2. The first-order chi connectivity index (χ1) is 24.1. The van der Waals surface area contributed by atoms with E-state index in [0.29, 0.717) is 23.7 Å². The van der Waals surface area contributed by atoms with Gasteiger partial charge in [0.05, 0.1) is 21.0 Å². The second kappa shape index (κ2) is 15.8. The summed E-state index contributed by atoms with van der Waals surface area (Å²) in [6, 6.07) is 21.3. The number of nitrogens with one attached hydrogen (secondary N) is 3. The Hall–Kier alpha value is -4.52. The molecule has 0 spiro atoms. The Kier molecular flexibility index (Phi) is 11.7. The fourth-order valence-electron chi connectivity index (χ4n) is 5.86. The Bertz CT molecular complexity index is 1930. The summed E-state index contributed by atoms with van der Waals surface area (Å²) in [6.07, 6.45) is 7.77. The van der Waals surface area contributed by atoms with Crippen LogP contribution in [-0.4, -0.2) is 51.2 Å². The lowest BCUT2D eigenvalue weighted by Crippen LogP contribution is -2.46. The van der Waals surface area contributed by atoms with E-state index in [0.717, 1.165) is 46.1 Å². The van der Waals surface area contributed by atoms with Gasteiger partial charge in [-0.1, -0.05) is 77.9 Å². The third kappa shape index (κ3) is 10.1. The van der Waals surface area contributed by atoms with E-state index < -0.39 is 17.3 Å². The minimum Gasteiger partial charge on any atom is -0.487 e. The normalized spacial score (nSPS) is 15.3. The van der Waals surface area contributed by atoms with Gasteiger partial charge in [-0.15, -0.1) is 0 Å². The van der Waals surface area contributed by atoms with Crippen LogP contribution >= 0.6 is 22.6 Å². The molecule has 0 saturated carbocycles. The highest BCUT2D eigenvalue weighted by Gasteiger charge is 2.27. The largest absolute Gasteiger partial charge is 0.487 e. The van der Waals surface area contributed by atoms with Crippen LogP contribution in [0.25, 0.3) is 16.5 Å². The summed E-state index contributed by atoms with van der Waals surface area (Å²) in [7, 11) is 1.90. The van der Waals surface area contributed by atoms with Crippen LogP contribution in [0.4, 0.5) is 21.1 Å². The highest BCUT2D eigenvalue weighted by molar-refractivity contribution is 14.1. The molecule has 0 aliphatic carbocycles. The zero-order chi connectivity index (χ0) is 36.9. The summed E-state index contributed by atoms with van der Waals surface area (Å²) in [5, 5.41) is 15.6. The number of halogens is 1. The molecule has 0 radical (unpaired) electrons. The summed E-state index contributed by atoms with van der Waals surface area (Å²) < 4.78 is 14.1. The summed E-state index contributed by atoms with van der Waals surface area (Å²) in [6.45, 7) is 13.8. The molecule has 2 atom stereocenters. The summed E-state index contributed by atoms with van der Waals surface area (Å²) in [4.78, 5) is 27.9. The number of urea groups is 1. The van der Waals surface area contributed by atoms with Crippen molar-refractivity contribution in [3.8, 4) is 11.4 Å². The lowest BCUT2D eigenvalue weighted by Gasteiger charge is -2.33. The third-order valence-electron chi connectivity index (χ3n) is 8.26. The highest BCUT2D eigenvalue weighted by Crippen LogP contribution is 2.36. The number of rotatable bonds is 11. The van der Waals surface area contributed by atoms with Crippen molar-refractivity contribution in [2.75, 3.05) is 17.7 Å². The first kappa shape index (κ1) is 37.7. The summed E-state index contributed by atoms with van der Waals surface area (Å²) in [5.74, 6) is 1.30. The van der Waals surface area contributed by atoms with Crippen molar-refractivity contribution in [1.82, 2.24) is 20.0 Å². The molecule has 1 aliphatic heterocycles. The van der Waals surface area contributed by atoms with Crippen LogP contribution in [0.15, 0.2) is 90.7 Å². The van der Waals surface area contributed by atoms with Crippen LogP contribution in [0.1, 0.15) is 76.0 Å². The van der Waals surface area contributed by atoms with Gasteiger partial charge in [0, 0.05) is 36.5 Å². The quantitative estimate of drug-likeness (QED) is 0.103.